The van der Waals surface area contributed by atoms with Gasteiger partial charge in [-0.15, -0.1) is 0 Å². The van der Waals surface area contributed by atoms with Gasteiger partial charge in [-0.25, -0.2) is 0 Å². The fourth-order valence-electron chi connectivity index (χ4n) is 4.17. The number of unbranched alkanes of at least 4 members (excludes halogenated alkanes) is 7. The SMILES string of the molecule is CCCCCCCCCC[C@@H](C1OC2CCC1CC2)[N+](=O)[O-]. The molecule has 0 radical (unpaired) electrons. The van der Waals surface area contributed by atoms with E-state index in [-0.39, 0.29) is 11.0 Å². The van der Waals surface area contributed by atoms with Crippen LogP contribution in [0.2, 0.25) is 0 Å². The Morgan fingerprint density at radius 1 is 1.00 bits per heavy atom. The Balaban J connectivity index is 1.64. The fourth-order valence-corrected chi connectivity index (χ4v) is 4.17. The molecule has 1 saturated carbocycles. The van der Waals surface area contributed by atoms with Crippen molar-refractivity contribution in [2.45, 2.75) is 109 Å². The van der Waals surface area contributed by atoms with Gasteiger partial charge < -0.3 is 4.74 Å². The van der Waals surface area contributed by atoms with Gasteiger partial charge in [0, 0.05) is 11.3 Å². The lowest BCUT2D eigenvalue weighted by atomic mass is 9.77. The minimum Gasteiger partial charge on any atom is -0.368 e. The summed E-state index contributed by atoms with van der Waals surface area (Å²) in [6.07, 6.45) is 15.3. The molecule has 22 heavy (non-hydrogen) atoms. The lowest BCUT2D eigenvalue weighted by molar-refractivity contribution is -0.542. The first-order valence-corrected chi connectivity index (χ1v) is 9.51. The van der Waals surface area contributed by atoms with Crippen LogP contribution in [0.4, 0.5) is 0 Å². The molecular formula is C18H33NO3. The Labute approximate surface area is 135 Å². The van der Waals surface area contributed by atoms with Crippen molar-refractivity contribution in [2.75, 3.05) is 0 Å². The molecule has 1 unspecified atom stereocenters. The molecule has 2 saturated heterocycles. The van der Waals surface area contributed by atoms with Crippen molar-refractivity contribution in [1.82, 2.24) is 0 Å². The third-order valence-corrected chi connectivity index (χ3v) is 5.54. The second-order valence-corrected chi connectivity index (χ2v) is 7.25. The topological polar surface area (TPSA) is 52.4 Å². The van der Waals surface area contributed by atoms with E-state index >= 15 is 0 Å². The first kappa shape index (κ1) is 17.7. The number of hydrogen-bond donors (Lipinski definition) is 0. The number of nitro groups is 1. The third kappa shape index (κ3) is 5.22. The van der Waals surface area contributed by atoms with Crippen LogP contribution in [0.15, 0.2) is 0 Å². The summed E-state index contributed by atoms with van der Waals surface area (Å²) in [5.41, 5.74) is 0. The van der Waals surface area contributed by atoms with Crippen LogP contribution in [0.3, 0.4) is 0 Å². The van der Waals surface area contributed by atoms with Crippen molar-refractivity contribution in [3.63, 3.8) is 0 Å². The zero-order valence-corrected chi connectivity index (χ0v) is 14.2. The normalized spacial score (nSPS) is 28.7. The Bertz CT molecular complexity index is 326. The second-order valence-electron chi connectivity index (χ2n) is 7.25. The fraction of sp³-hybridized carbons (Fsp3) is 1.00. The average Bonchev–Trinajstić information content (AvgIpc) is 2.54. The Hall–Kier alpha value is -0.640. The molecule has 2 atom stereocenters. The highest BCUT2D eigenvalue weighted by Gasteiger charge is 2.45. The van der Waals surface area contributed by atoms with Crippen LogP contribution in [-0.2, 0) is 4.74 Å². The monoisotopic (exact) mass is 311 g/mol. The van der Waals surface area contributed by atoms with Gasteiger partial charge in [-0.1, -0.05) is 51.9 Å². The third-order valence-electron chi connectivity index (χ3n) is 5.54. The highest BCUT2D eigenvalue weighted by Crippen LogP contribution is 2.39. The predicted octanol–water partition coefficient (Wildman–Crippen LogP) is 5.12. The summed E-state index contributed by atoms with van der Waals surface area (Å²) >= 11 is 0. The number of rotatable bonds is 11. The van der Waals surface area contributed by atoms with Crippen molar-refractivity contribution >= 4 is 0 Å². The maximum Gasteiger partial charge on any atom is 0.239 e. The molecule has 2 heterocycles. The quantitative estimate of drug-likeness (QED) is 0.302. The first-order chi connectivity index (χ1) is 10.7. The van der Waals surface area contributed by atoms with E-state index in [0.717, 1.165) is 38.5 Å². The molecule has 128 valence electrons. The van der Waals surface area contributed by atoms with Gasteiger partial charge in [0.25, 0.3) is 0 Å². The Kier molecular flexibility index (Phi) is 7.64. The van der Waals surface area contributed by atoms with E-state index in [4.69, 9.17) is 4.74 Å². The highest BCUT2D eigenvalue weighted by atomic mass is 16.6. The Morgan fingerprint density at radius 2 is 1.59 bits per heavy atom. The molecule has 2 aliphatic heterocycles. The van der Waals surface area contributed by atoms with Gasteiger partial charge >= 0.3 is 0 Å². The second kappa shape index (κ2) is 9.49. The van der Waals surface area contributed by atoms with Crippen LogP contribution in [0, 0.1) is 16.0 Å². The van der Waals surface area contributed by atoms with Crippen molar-refractivity contribution in [2.24, 2.45) is 5.92 Å². The zero-order valence-electron chi connectivity index (χ0n) is 14.2. The van der Waals surface area contributed by atoms with E-state index in [1.165, 1.54) is 38.5 Å². The van der Waals surface area contributed by atoms with E-state index in [2.05, 4.69) is 6.92 Å². The molecule has 3 rings (SSSR count). The maximum atomic E-state index is 11.4. The van der Waals surface area contributed by atoms with E-state index < -0.39 is 6.04 Å². The van der Waals surface area contributed by atoms with Crippen molar-refractivity contribution in [3.05, 3.63) is 10.1 Å². The average molecular weight is 311 g/mol. The molecule has 0 spiro atoms. The number of fused-ring (bicyclic) bond motifs is 3. The summed E-state index contributed by atoms with van der Waals surface area (Å²) in [4.78, 5) is 11.4. The van der Waals surface area contributed by atoms with Crippen LogP contribution in [-0.4, -0.2) is 23.2 Å². The van der Waals surface area contributed by atoms with Gasteiger partial charge in [0.2, 0.25) is 6.04 Å². The van der Waals surface area contributed by atoms with Gasteiger partial charge in [0.05, 0.1) is 6.10 Å². The van der Waals surface area contributed by atoms with Crippen molar-refractivity contribution in [3.8, 4) is 0 Å². The number of hydrogen-bond acceptors (Lipinski definition) is 3. The molecule has 0 amide bonds. The predicted molar refractivity (Wildman–Crippen MR) is 88.6 cm³/mol. The van der Waals surface area contributed by atoms with Crippen LogP contribution < -0.4 is 0 Å². The van der Waals surface area contributed by atoms with Crippen LogP contribution in [0.1, 0.15) is 90.4 Å². The molecule has 3 fully saturated rings. The Morgan fingerprint density at radius 3 is 2.09 bits per heavy atom. The summed E-state index contributed by atoms with van der Waals surface area (Å²) in [5.74, 6) is 0.439. The molecular weight excluding hydrogens is 278 g/mol. The van der Waals surface area contributed by atoms with Crippen molar-refractivity contribution in [1.29, 1.82) is 0 Å². The summed E-state index contributed by atoms with van der Waals surface area (Å²) in [5, 5.41) is 11.4. The largest absolute Gasteiger partial charge is 0.368 e. The van der Waals surface area contributed by atoms with Crippen LogP contribution in [0.5, 0.6) is 0 Å². The molecule has 2 bridgehead atoms. The highest BCUT2D eigenvalue weighted by molar-refractivity contribution is 4.89. The van der Waals surface area contributed by atoms with E-state index in [1.807, 2.05) is 0 Å². The molecule has 0 aromatic rings. The summed E-state index contributed by atoms with van der Waals surface area (Å²) < 4.78 is 5.99. The number of nitrogens with zero attached hydrogens (tertiary/aromatic N) is 1. The smallest absolute Gasteiger partial charge is 0.239 e. The summed E-state index contributed by atoms with van der Waals surface area (Å²) in [6.45, 7) is 2.23. The van der Waals surface area contributed by atoms with Crippen molar-refractivity contribution < 1.29 is 9.66 Å². The lowest BCUT2D eigenvalue weighted by Gasteiger charge is -2.43. The molecule has 0 aromatic heterocycles. The van der Waals surface area contributed by atoms with Gasteiger partial charge in [0.1, 0.15) is 6.10 Å². The molecule has 3 aliphatic rings. The molecule has 1 aliphatic carbocycles. The van der Waals surface area contributed by atoms with E-state index in [9.17, 15) is 10.1 Å². The van der Waals surface area contributed by atoms with E-state index in [0.29, 0.717) is 18.4 Å². The first-order valence-electron chi connectivity index (χ1n) is 9.51. The van der Waals surface area contributed by atoms with E-state index in [1.54, 1.807) is 0 Å². The molecule has 4 nitrogen and oxygen atoms in total. The van der Waals surface area contributed by atoms with Gasteiger partial charge in [0.15, 0.2) is 0 Å². The summed E-state index contributed by atoms with van der Waals surface area (Å²) in [7, 11) is 0. The number of ether oxygens (including phenoxy) is 1. The van der Waals surface area contributed by atoms with Gasteiger partial charge in [-0.05, 0) is 38.0 Å². The lowest BCUT2D eigenvalue weighted by Crippen LogP contribution is -2.49. The van der Waals surface area contributed by atoms with Gasteiger partial charge in [-0.2, -0.15) is 0 Å². The zero-order chi connectivity index (χ0) is 15.8. The standard InChI is InChI=1S/C18H33NO3/c1-2-3-4-5-6-7-8-9-10-17(19(20)21)18-15-11-13-16(22-18)14-12-15/h15-18H,2-14H2,1H3/t15?,16?,17-,18?/m0/s1. The minimum absolute atomic E-state index is 0.0629. The van der Waals surface area contributed by atoms with Gasteiger partial charge in [-0.3, -0.25) is 10.1 Å². The molecule has 4 heteroatoms. The maximum absolute atomic E-state index is 11.4. The minimum atomic E-state index is -0.465. The van der Waals surface area contributed by atoms with Crippen LogP contribution in [0.25, 0.3) is 0 Å². The van der Waals surface area contributed by atoms with Crippen LogP contribution >= 0.6 is 0 Å². The summed E-state index contributed by atoms with van der Waals surface area (Å²) in [6, 6.07) is -0.465. The molecule has 0 N–H and O–H groups in total. The molecule has 0 aromatic carbocycles.